The molecule has 1 aliphatic carbocycles. The number of aliphatic imine (C=N–C) groups is 2. The summed E-state index contributed by atoms with van der Waals surface area (Å²) in [4.78, 5) is 33.0. The molecule has 1 atom stereocenters. The Kier molecular flexibility index (Phi) is 3.66. The quantitative estimate of drug-likeness (QED) is 0.861. The van der Waals surface area contributed by atoms with Crippen LogP contribution in [0.15, 0.2) is 16.1 Å². The number of aromatic nitrogens is 2. The lowest BCUT2D eigenvalue weighted by Crippen LogP contribution is -2.31. The average molecular weight is 315 g/mol. The largest absolute Gasteiger partial charge is 0.310 e. The van der Waals surface area contributed by atoms with Crippen LogP contribution in [0.1, 0.15) is 45.7 Å². The first-order valence-electron chi connectivity index (χ1n) is 7.84. The van der Waals surface area contributed by atoms with Crippen molar-refractivity contribution in [1.82, 2.24) is 9.78 Å². The molecule has 2 aliphatic rings. The van der Waals surface area contributed by atoms with E-state index in [1.165, 1.54) is 4.68 Å². The van der Waals surface area contributed by atoms with Crippen LogP contribution in [0.4, 0.5) is 5.82 Å². The molecule has 122 valence electrons. The highest BCUT2D eigenvalue weighted by Gasteiger charge is 2.34. The van der Waals surface area contributed by atoms with E-state index in [0.29, 0.717) is 5.82 Å². The van der Waals surface area contributed by atoms with Crippen LogP contribution in [0.25, 0.3) is 0 Å². The fraction of sp³-hybridized carbons (Fsp3) is 0.562. The predicted octanol–water partition coefficient (Wildman–Crippen LogP) is 2.16. The third kappa shape index (κ3) is 2.95. The van der Waals surface area contributed by atoms with Gasteiger partial charge in [-0.2, -0.15) is 14.8 Å². The van der Waals surface area contributed by atoms with Crippen LogP contribution >= 0.6 is 0 Å². The summed E-state index contributed by atoms with van der Waals surface area (Å²) in [5, 5.41) is 7.17. The summed E-state index contributed by atoms with van der Waals surface area (Å²) in [6.45, 7) is 7.32. The lowest BCUT2D eigenvalue weighted by molar-refractivity contribution is -0.123. The second kappa shape index (κ2) is 5.40. The van der Waals surface area contributed by atoms with Crippen molar-refractivity contribution >= 4 is 29.3 Å². The second-order valence-electron chi connectivity index (χ2n) is 7.08. The standard InChI is InChI=1S/C16H21N5O2/c1-9-8-12(18-14(23)16(2,3)4)21(20-9)15-17-11-7-5-6-10(11)13(22)19-15/h8,10H,5-7H2,1-4H3,(H,18,23). The Bertz CT molecular complexity index is 736. The Labute approximate surface area is 134 Å². The second-order valence-corrected chi connectivity index (χ2v) is 7.08. The van der Waals surface area contributed by atoms with Gasteiger partial charge in [-0.1, -0.05) is 20.8 Å². The molecule has 0 radical (unpaired) electrons. The van der Waals surface area contributed by atoms with Gasteiger partial charge in [0.1, 0.15) is 5.82 Å². The van der Waals surface area contributed by atoms with Gasteiger partial charge in [0.05, 0.1) is 11.6 Å². The summed E-state index contributed by atoms with van der Waals surface area (Å²) < 4.78 is 1.44. The molecule has 2 heterocycles. The maximum Gasteiger partial charge on any atom is 0.257 e. The molecule has 3 rings (SSSR count). The van der Waals surface area contributed by atoms with Gasteiger partial charge in [0, 0.05) is 17.2 Å². The molecule has 23 heavy (non-hydrogen) atoms. The topological polar surface area (TPSA) is 88.7 Å². The van der Waals surface area contributed by atoms with Crippen LogP contribution in [0, 0.1) is 18.3 Å². The Morgan fingerprint density at radius 2 is 2.09 bits per heavy atom. The van der Waals surface area contributed by atoms with E-state index in [-0.39, 0.29) is 23.7 Å². The van der Waals surface area contributed by atoms with Gasteiger partial charge in [-0.25, -0.2) is 4.99 Å². The first-order chi connectivity index (χ1) is 10.8. The van der Waals surface area contributed by atoms with Crippen molar-refractivity contribution in [1.29, 1.82) is 0 Å². The number of anilines is 1. The van der Waals surface area contributed by atoms with Gasteiger partial charge in [-0.3, -0.25) is 9.59 Å². The number of hydrogen-bond acceptors (Lipinski definition) is 4. The molecule has 0 spiro atoms. The van der Waals surface area contributed by atoms with E-state index in [1.54, 1.807) is 6.07 Å². The molecule has 0 bridgehead atoms. The van der Waals surface area contributed by atoms with Crippen LogP contribution < -0.4 is 5.32 Å². The molecular weight excluding hydrogens is 294 g/mol. The third-order valence-electron chi connectivity index (χ3n) is 4.02. The lowest BCUT2D eigenvalue weighted by atomic mass is 9.96. The van der Waals surface area contributed by atoms with Gasteiger partial charge in [-0.15, -0.1) is 0 Å². The van der Waals surface area contributed by atoms with Gasteiger partial charge in [0.25, 0.3) is 11.9 Å². The van der Waals surface area contributed by atoms with Crippen LogP contribution in [0.2, 0.25) is 0 Å². The van der Waals surface area contributed by atoms with Gasteiger partial charge < -0.3 is 5.32 Å². The van der Waals surface area contributed by atoms with Crippen molar-refractivity contribution in [2.24, 2.45) is 21.3 Å². The molecule has 1 unspecified atom stereocenters. The maximum absolute atomic E-state index is 12.2. The number of fused-ring (bicyclic) bond motifs is 1. The molecule has 1 N–H and O–H groups in total. The fourth-order valence-corrected chi connectivity index (χ4v) is 2.70. The van der Waals surface area contributed by atoms with Crippen molar-refractivity contribution in [2.45, 2.75) is 47.0 Å². The summed E-state index contributed by atoms with van der Waals surface area (Å²) in [6.07, 6.45) is 2.60. The minimum absolute atomic E-state index is 0.132. The van der Waals surface area contributed by atoms with E-state index < -0.39 is 5.41 Å². The first-order valence-corrected chi connectivity index (χ1v) is 7.84. The number of nitrogens with zero attached hydrogens (tertiary/aromatic N) is 4. The molecule has 1 fully saturated rings. The van der Waals surface area contributed by atoms with Crippen LogP contribution in [-0.2, 0) is 9.59 Å². The molecule has 0 saturated heterocycles. The van der Waals surface area contributed by atoms with Crippen LogP contribution in [-0.4, -0.2) is 33.3 Å². The zero-order valence-electron chi connectivity index (χ0n) is 13.9. The summed E-state index contributed by atoms with van der Waals surface area (Å²) >= 11 is 0. The number of aryl methyl sites for hydroxylation is 1. The normalized spacial score (nSPS) is 20.9. The summed E-state index contributed by atoms with van der Waals surface area (Å²) in [6, 6.07) is 1.75. The molecule has 2 amide bonds. The Hall–Kier alpha value is -2.31. The fourth-order valence-electron chi connectivity index (χ4n) is 2.70. The predicted molar refractivity (Wildman–Crippen MR) is 87.7 cm³/mol. The maximum atomic E-state index is 12.2. The molecular formula is C16H21N5O2. The number of hydrogen-bond donors (Lipinski definition) is 1. The van der Waals surface area contributed by atoms with Crippen LogP contribution in [0.5, 0.6) is 0 Å². The van der Waals surface area contributed by atoms with Crippen molar-refractivity contribution in [3.8, 4) is 0 Å². The molecule has 1 aliphatic heterocycles. The summed E-state index contributed by atoms with van der Waals surface area (Å²) in [7, 11) is 0. The van der Waals surface area contributed by atoms with Crippen molar-refractivity contribution in [2.75, 3.05) is 5.32 Å². The zero-order valence-corrected chi connectivity index (χ0v) is 13.9. The van der Waals surface area contributed by atoms with Gasteiger partial charge in [-0.05, 0) is 26.2 Å². The Balaban J connectivity index is 1.95. The highest BCUT2D eigenvalue weighted by atomic mass is 16.2. The molecule has 1 aromatic rings. The van der Waals surface area contributed by atoms with E-state index in [0.717, 1.165) is 30.7 Å². The lowest BCUT2D eigenvalue weighted by Gasteiger charge is -2.19. The minimum atomic E-state index is -0.532. The van der Waals surface area contributed by atoms with E-state index in [4.69, 9.17) is 0 Å². The number of rotatable bonds is 1. The highest BCUT2D eigenvalue weighted by Crippen LogP contribution is 2.27. The molecule has 0 aromatic carbocycles. The minimum Gasteiger partial charge on any atom is -0.310 e. The van der Waals surface area contributed by atoms with E-state index in [1.807, 2.05) is 27.7 Å². The van der Waals surface area contributed by atoms with Crippen molar-refractivity contribution < 1.29 is 9.59 Å². The average Bonchev–Trinajstić information content (AvgIpc) is 3.04. The van der Waals surface area contributed by atoms with E-state index in [2.05, 4.69) is 20.4 Å². The highest BCUT2D eigenvalue weighted by molar-refractivity contribution is 6.17. The summed E-state index contributed by atoms with van der Waals surface area (Å²) in [5.41, 5.74) is 1.06. The smallest absolute Gasteiger partial charge is 0.257 e. The molecule has 1 saturated carbocycles. The molecule has 7 heteroatoms. The van der Waals surface area contributed by atoms with Crippen molar-refractivity contribution in [3.63, 3.8) is 0 Å². The number of carbonyl (C=O) groups is 2. The zero-order chi connectivity index (χ0) is 16.8. The number of nitrogens with one attached hydrogen (secondary N) is 1. The first kappa shape index (κ1) is 15.6. The van der Waals surface area contributed by atoms with E-state index in [9.17, 15) is 9.59 Å². The van der Waals surface area contributed by atoms with Gasteiger partial charge in [0.15, 0.2) is 0 Å². The third-order valence-corrected chi connectivity index (χ3v) is 4.02. The Morgan fingerprint density at radius 3 is 2.78 bits per heavy atom. The summed E-state index contributed by atoms with van der Waals surface area (Å²) in [5.74, 6) is 0.259. The van der Waals surface area contributed by atoms with Gasteiger partial charge >= 0.3 is 0 Å². The van der Waals surface area contributed by atoms with Crippen molar-refractivity contribution in [3.05, 3.63) is 11.8 Å². The Morgan fingerprint density at radius 1 is 1.35 bits per heavy atom. The van der Waals surface area contributed by atoms with E-state index >= 15 is 0 Å². The SMILES string of the molecule is Cc1cc(NC(=O)C(C)(C)C)n(C2=NC(=O)C3CCCC3=N2)n1. The van der Waals surface area contributed by atoms with Crippen LogP contribution in [0.3, 0.4) is 0 Å². The number of carbonyl (C=O) groups excluding carboxylic acids is 2. The monoisotopic (exact) mass is 315 g/mol. The van der Waals surface area contributed by atoms with Gasteiger partial charge in [0.2, 0.25) is 5.91 Å². The molecule has 7 nitrogen and oxygen atoms in total. The number of amides is 2. The molecule has 1 aromatic heterocycles.